The molecule has 9 heteroatoms. The van der Waals surface area contributed by atoms with E-state index in [-0.39, 0.29) is 18.3 Å². The summed E-state index contributed by atoms with van der Waals surface area (Å²) in [4.78, 5) is 30.0. The number of furan rings is 2. The summed E-state index contributed by atoms with van der Waals surface area (Å²) in [6.45, 7) is 1.43. The van der Waals surface area contributed by atoms with Crippen molar-refractivity contribution >= 4 is 11.9 Å². The lowest BCUT2D eigenvalue weighted by atomic mass is 9.99. The van der Waals surface area contributed by atoms with Gasteiger partial charge in [-0.2, -0.15) is 4.98 Å². The molecule has 1 aliphatic rings. The van der Waals surface area contributed by atoms with Crippen LogP contribution < -0.4 is 5.32 Å². The Labute approximate surface area is 135 Å². The van der Waals surface area contributed by atoms with E-state index in [1.807, 2.05) is 0 Å². The maximum absolute atomic E-state index is 12.7. The molecule has 0 unspecified atom stereocenters. The Morgan fingerprint density at radius 1 is 1.21 bits per heavy atom. The first-order chi connectivity index (χ1) is 11.6. The summed E-state index contributed by atoms with van der Waals surface area (Å²) >= 11 is 0. The molecule has 3 aromatic rings. The molecule has 0 spiro atoms. The average molecular weight is 328 g/mol. The number of nitrogens with zero attached hydrogens (tertiary/aromatic N) is 3. The van der Waals surface area contributed by atoms with Gasteiger partial charge in [-0.3, -0.25) is 9.69 Å². The molecular formula is C15H12N4O5. The molecule has 3 aromatic heterocycles. The van der Waals surface area contributed by atoms with Crippen molar-refractivity contribution in [2.75, 3.05) is 0 Å². The Balaban J connectivity index is 1.57. The molecular weight excluding hydrogens is 316 g/mol. The highest BCUT2D eigenvalue weighted by Gasteiger charge is 2.51. The quantitative estimate of drug-likeness (QED) is 0.727. The topological polar surface area (TPSA) is 115 Å². The molecule has 122 valence electrons. The van der Waals surface area contributed by atoms with Gasteiger partial charge in [-0.05, 0) is 31.2 Å². The molecule has 3 amide bonds. The standard InChI is InChI=1S/C15H12N4O5/c1-15(10-5-3-7-23-10)13(20)19(14(21)17-15)8-11-16-12(18-24-11)9-4-2-6-22-9/h2-7H,8H2,1H3,(H,17,21)/t15-/m1/s1. The van der Waals surface area contributed by atoms with Gasteiger partial charge in [0, 0.05) is 0 Å². The van der Waals surface area contributed by atoms with E-state index in [1.165, 1.54) is 12.5 Å². The molecule has 0 saturated carbocycles. The maximum atomic E-state index is 12.7. The number of urea groups is 1. The second kappa shape index (κ2) is 5.08. The lowest BCUT2D eigenvalue weighted by Gasteiger charge is -2.18. The Kier molecular flexibility index (Phi) is 3.02. The van der Waals surface area contributed by atoms with Crippen LogP contribution in [-0.2, 0) is 16.9 Å². The second-order valence-electron chi connectivity index (χ2n) is 5.41. The molecule has 1 fully saturated rings. The number of carbonyl (C=O) groups excluding carboxylic acids is 2. The van der Waals surface area contributed by atoms with Gasteiger partial charge in [0.05, 0.1) is 12.5 Å². The van der Waals surface area contributed by atoms with Crippen LogP contribution in [-0.4, -0.2) is 27.0 Å². The van der Waals surface area contributed by atoms with Crippen molar-refractivity contribution in [3.8, 4) is 11.6 Å². The second-order valence-corrected chi connectivity index (χ2v) is 5.41. The number of rotatable bonds is 4. The van der Waals surface area contributed by atoms with Crippen molar-refractivity contribution in [3.63, 3.8) is 0 Å². The summed E-state index contributed by atoms with van der Waals surface area (Å²) < 4.78 is 15.5. The summed E-state index contributed by atoms with van der Waals surface area (Å²) in [5.74, 6) is 0.692. The highest BCUT2D eigenvalue weighted by Crippen LogP contribution is 2.30. The van der Waals surface area contributed by atoms with Gasteiger partial charge in [0.15, 0.2) is 11.3 Å². The van der Waals surface area contributed by atoms with E-state index in [9.17, 15) is 9.59 Å². The van der Waals surface area contributed by atoms with Gasteiger partial charge in [-0.15, -0.1) is 0 Å². The minimum Gasteiger partial charge on any atom is -0.466 e. The minimum atomic E-state index is -1.26. The van der Waals surface area contributed by atoms with E-state index >= 15 is 0 Å². The van der Waals surface area contributed by atoms with Crippen LogP contribution >= 0.6 is 0 Å². The number of hydrogen-bond donors (Lipinski definition) is 1. The third-order valence-electron chi connectivity index (χ3n) is 3.79. The number of carbonyl (C=O) groups is 2. The Hall–Kier alpha value is -3.36. The lowest BCUT2D eigenvalue weighted by molar-refractivity contribution is -0.132. The molecule has 1 atom stereocenters. The smallest absolute Gasteiger partial charge is 0.325 e. The zero-order valence-electron chi connectivity index (χ0n) is 12.6. The first kappa shape index (κ1) is 14.2. The summed E-state index contributed by atoms with van der Waals surface area (Å²) in [7, 11) is 0. The van der Waals surface area contributed by atoms with Gasteiger partial charge in [-0.1, -0.05) is 5.16 Å². The van der Waals surface area contributed by atoms with Crippen molar-refractivity contribution in [3.05, 3.63) is 48.4 Å². The van der Waals surface area contributed by atoms with Crippen molar-refractivity contribution in [1.29, 1.82) is 0 Å². The van der Waals surface area contributed by atoms with Crippen molar-refractivity contribution in [2.45, 2.75) is 19.0 Å². The van der Waals surface area contributed by atoms with Crippen LogP contribution in [0, 0.1) is 0 Å². The van der Waals surface area contributed by atoms with Gasteiger partial charge in [0.1, 0.15) is 12.3 Å². The summed E-state index contributed by atoms with van der Waals surface area (Å²) in [6.07, 6.45) is 2.92. The highest BCUT2D eigenvalue weighted by atomic mass is 16.5. The molecule has 1 aliphatic heterocycles. The van der Waals surface area contributed by atoms with Crippen LogP contribution in [0.1, 0.15) is 18.6 Å². The Bertz CT molecular complexity index is 883. The van der Waals surface area contributed by atoms with E-state index in [0.29, 0.717) is 11.5 Å². The zero-order chi connectivity index (χ0) is 16.7. The Morgan fingerprint density at radius 2 is 2.00 bits per heavy atom. The fourth-order valence-corrected chi connectivity index (χ4v) is 2.53. The third-order valence-corrected chi connectivity index (χ3v) is 3.79. The van der Waals surface area contributed by atoms with Gasteiger partial charge in [0.2, 0.25) is 11.7 Å². The predicted octanol–water partition coefficient (Wildman–Crippen LogP) is 1.89. The molecule has 9 nitrogen and oxygen atoms in total. The molecule has 0 aromatic carbocycles. The monoisotopic (exact) mass is 328 g/mol. The van der Waals surface area contributed by atoms with Crippen LogP contribution in [0.2, 0.25) is 0 Å². The Morgan fingerprint density at radius 3 is 2.71 bits per heavy atom. The van der Waals surface area contributed by atoms with Gasteiger partial charge < -0.3 is 18.7 Å². The van der Waals surface area contributed by atoms with E-state index in [0.717, 1.165) is 4.90 Å². The summed E-state index contributed by atoms with van der Waals surface area (Å²) in [6, 6.07) is 6.09. The molecule has 4 rings (SSSR count). The van der Waals surface area contributed by atoms with Crippen LogP contribution in [0.5, 0.6) is 0 Å². The molecule has 4 heterocycles. The van der Waals surface area contributed by atoms with Crippen molar-refractivity contribution in [2.24, 2.45) is 0 Å². The highest BCUT2D eigenvalue weighted by molar-refractivity contribution is 6.06. The van der Waals surface area contributed by atoms with Crippen molar-refractivity contribution in [1.82, 2.24) is 20.4 Å². The van der Waals surface area contributed by atoms with E-state index in [4.69, 9.17) is 13.4 Å². The fourth-order valence-electron chi connectivity index (χ4n) is 2.53. The molecule has 24 heavy (non-hydrogen) atoms. The number of nitrogens with one attached hydrogen (secondary N) is 1. The van der Waals surface area contributed by atoms with Gasteiger partial charge in [0.25, 0.3) is 5.91 Å². The van der Waals surface area contributed by atoms with Crippen molar-refractivity contribution < 1.29 is 22.9 Å². The lowest BCUT2D eigenvalue weighted by Crippen LogP contribution is -2.40. The van der Waals surface area contributed by atoms with Crippen LogP contribution in [0.25, 0.3) is 11.6 Å². The normalized spacial score (nSPS) is 20.6. The molecule has 1 N–H and O–H groups in total. The maximum Gasteiger partial charge on any atom is 0.325 e. The van der Waals surface area contributed by atoms with E-state index < -0.39 is 17.5 Å². The van der Waals surface area contributed by atoms with E-state index in [1.54, 1.807) is 31.2 Å². The molecule has 0 aliphatic carbocycles. The van der Waals surface area contributed by atoms with E-state index in [2.05, 4.69) is 15.5 Å². The zero-order valence-corrected chi connectivity index (χ0v) is 12.6. The van der Waals surface area contributed by atoms with Gasteiger partial charge in [-0.25, -0.2) is 4.79 Å². The van der Waals surface area contributed by atoms with Crippen LogP contribution in [0.15, 0.2) is 50.1 Å². The largest absolute Gasteiger partial charge is 0.466 e. The number of aromatic nitrogens is 2. The SMILES string of the molecule is C[C@]1(c2ccco2)NC(=O)N(Cc2nc(-c3ccco3)no2)C1=O. The summed E-state index contributed by atoms with van der Waals surface area (Å²) in [5.41, 5.74) is -1.26. The molecule has 1 saturated heterocycles. The number of amides is 3. The molecule has 0 radical (unpaired) electrons. The van der Waals surface area contributed by atoms with Crippen LogP contribution in [0.3, 0.4) is 0 Å². The number of hydrogen-bond acceptors (Lipinski definition) is 7. The first-order valence-corrected chi connectivity index (χ1v) is 7.12. The molecule has 0 bridgehead atoms. The average Bonchev–Trinajstić information content (AvgIpc) is 3.34. The first-order valence-electron chi connectivity index (χ1n) is 7.12. The van der Waals surface area contributed by atoms with Crippen LogP contribution in [0.4, 0.5) is 4.79 Å². The predicted molar refractivity (Wildman–Crippen MR) is 77.1 cm³/mol. The minimum absolute atomic E-state index is 0.119. The van der Waals surface area contributed by atoms with Gasteiger partial charge >= 0.3 is 6.03 Å². The summed E-state index contributed by atoms with van der Waals surface area (Å²) in [5, 5.41) is 6.39. The third kappa shape index (κ3) is 2.09. The number of imide groups is 1. The fraction of sp³-hybridized carbons (Fsp3) is 0.200.